The molecule has 0 fully saturated rings. The van der Waals surface area contributed by atoms with E-state index in [9.17, 15) is 9.59 Å². The molecular formula is C45H50N10O5. The molecule has 4 aromatic carbocycles. The number of primary amides is 2. The number of nitrogens with zero attached hydrogens (tertiary/aromatic N) is 4. The van der Waals surface area contributed by atoms with Crippen LogP contribution in [0.3, 0.4) is 0 Å². The number of anilines is 6. The Morgan fingerprint density at radius 1 is 0.683 bits per heavy atom. The fourth-order valence-electron chi connectivity index (χ4n) is 6.58. The first-order valence-corrected chi connectivity index (χ1v) is 19.3. The van der Waals surface area contributed by atoms with Crippen LogP contribution in [-0.2, 0) is 11.3 Å². The highest BCUT2D eigenvalue weighted by Gasteiger charge is 2.19. The number of nitrogens with two attached hydrogens (primary N) is 2. The van der Waals surface area contributed by atoms with Gasteiger partial charge >= 0.3 is 0 Å². The zero-order chi connectivity index (χ0) is 42.6. The third-order valence-corrected chi connectivity index (χ3v) is 9.81. The zero-order valence-electron chi connectivity index (χ0n) is 34.3. The summed E-state index contributed by atoms with van der Waals surface area (Å²) in [6.07, 6.45) is 9.41. The summed E-state index contributed by atoms with van der Waals surface area (Å²) < 4.78 is 18.2. The van der Waals surface area contributed by atoms with Crippen LogP contribution < -0.4 is 42.2 Å². The summed E-state index contributed by atoms with van der Waals surface area (Å²) in [7, 11) is 4.88. The van der Waals surface area contributed by atoms with E-state index < -0.39 is 11.8 Å². The van der Waals surface area contributed by atoms with Gasteiger partial charge in [-0.25, -0.2) is 4.98 Å². The van der Waals surface area contributed by atoms with Crippen molar-refractivity contribution in [2.45, 2.75) is 26.8 Å². The van der Waals surface area contributed by atoms with Crippen molar-refractivity contribution in [1.29, 1.82) is 0 Å². The van der Waals surface area contributed by atoms with Crippen LogP contribution in [0.25, 0.3) is 21.8 Å². The first-order chi connectivity index (χ1) is 29.1. The lowest BCUT2D eigenvalue weighted by Gasteiger charge is -2.17. The van der Waals surface area contributed by atoms with Crippen molar-refractivity contribution in [2.75, 3.05) is 62.3 Å². The minimum absolute atomic E-state index is 0.323. The van der Waals surface area contributed by atoms with Gasteiger partial charge in [0.1, 0.15) is 11.5 Å². The lowest BCUT2D eigenvalue weighted by molar-refractivity contribution is 0.0992. The van der Waals surface area contributed by atoms with E-state index in [4.69, 9.17) is 25.7 Å². The summed E-state index contributed by atoms with van der Waals surface area (Å²) in [6.45, 7) is 6.76. The minimum atomic E-state index is -0.546. The summed E-state index contributed by atoms with van der Waals surface area (Å²) in [5.41, 5.74) is 20.1. The Bertz CT molecular complexity index is 2600. The van der Waals surface area contributed by atoms with Crippen LogP contribution in [0.1, 0.15) is 38.3 Å². The molecule has 60 heavy (non-hydrogen) atoms. The number of imidazole rings is 1. The summed E-state index contributed by atoms with van der Waals surface area (Å²) in [5, 5.41) is 15.0. The van der Waals surface area contributed by atoms with Crippen molar-refractivity contribution in [3.63, 3.8) is 0 Å². The molecule has 15 heteroatoms. The molecule has 0 atom stereocenters. The molecule has 0 spiro atoms. The fourth-order valence-corrected chi connectivity index (χ4v) is 6.58. The van der Waals surface area contributed by atoms with Gasteiger partial charge in [0.2, 0.25) is 0 Å². The average Bonchev–Trinajstić information content (AvgIpc) is 3.77. The van der Waals surface area contributed by atoms with E-state index in [0.29, 0.717) is 58.2 Å². The summed E-state index contributed by atoms with van der Waals surface area (Å²) in [6, 6.07) is 23.3. The maximum absolute atomic E-state index is 12.2. The van der Waals surface area contributed by atoms with Crippen molar-refractivity contribution in [3.8, 4) is 11.5 Å². The van der Waals surface area contributed by atoms with Crippen LogP contribution in [0.15, 0.2) is 104 Å². The van der Waals surface area contributed by atoms with E-state index in [1.165, 1.54) is 12.4 Å². The molecule has 0 aliphatic carbocycles. The van der Waals surface area contributed by atoms with Crippen LogP contribution in [0.5, 0.6) is 11.5 Å². The number of aromatic nitrogens is 4. The molecule has 7 rings (SSSR count). The molecule has 0 saturated heterocycles. The summed E-state index contributed by atoms with van der Waals surface area (Å²) in [4.78, 5) is 37.1. The number of benzene rings is 4. The Morgan fingerprint density at radius 2 is 1.18 bits per heavy atom. The normalized spacial score (nSPS) is 10.8. The predicted octanol–water partition coefficient (Wildman–Crippen LogP) is 7.55. The number of carbonyl (C=O) groups is 2. The van der Waals surface area contributed by atoms with Crippen molar-refractivity contribution in [2.24, 2.45) is 11.5 Å². The van der Waals surface area contributed by atoms with Crippen LogP contribution in [-0.4, -0.2) is 72.4 Å². The lowest BCUT2D eigenvalue weighted by Crippen LogP contribution is -2.14. The number of methoxy groups -OCH3 is 3. The van der Waals surface area contributed by atoms with Gasteiger partial charge in [-0.3, -0.25) is 19.6 Å². The van der Waals surface area contributed by atoms with Crippen LogP contribution in [0.4, 0.5) is 34.1 Å². The molecule has 0 saturated carbocycles. The summed E-state index contributed by atoms with van der Waals surface area (Å²) in [5.74, 6) is 0.252. The number of para-hydroxylation sites is 2. The maximum Gasteiger partial charge on any atom is 0.252 e. The molecule has 0 aliphatic rings. The quantitative estimate of drug-likeness (QED) is 0.0494. The van der Waals surface area contributed by atoms with Gasteiger partial charge in [-0.05, 0) is 55.7 Å². The zero-order valence-corrected chi connectivity index (χ0v) is 34.3. The maximum atomic E-state index is 12.2. The van der Waals surface area contributed by atoms with Crippen molar-refractivity contribution in [1.82, 2.24) is 19.5 Å². The molecular weight excluding hydrogens is 761 g/mol. The molecule has 3 aromatic heterocycles. The molecule has 8 N–H and O–H groups in total. The van der Waals surface area contributed by atoms with Crippen LogP contribution in [0.2, 0.25) is 0 Å². The standard InChI is InChI=1S/C24H26N6O2.C21H24N4O3/c1-16-6-3-4-7-19(16)29-23-17-12-21(27-8-5-10-30-11-9-26-15-30)22(32-2)13-20(17)28-14-18(23)24(25)31;1-13-6-4-5-7-16(13)25-20-14-10-18(23-8-9-27-2)19(28-3)11-17(14)24-12-15(20)21(22)26/h3-4,6-7,9,11-15,27H,5,8,10H2,1-2H3,(H2,25,31)(H,28,29);4-7,10-12,23H,8-9H2,1-3H3,(H2,22,26)(H,24,25). The Balaban J connectivity index is 0.000000203. The van der Waals surface area contributed by atoms with Crippen LogP contribution in [0, 0.1) is 13.8 Å². The van der Waals surface area contributed by atoms with Gasteiger partial charge in [-0.2, -0.15) is 0 Å². The van der Waals surface area contributed by atoms with Crippen molar-refractivity contribution < 1.29 is 23.8 Å². The Kier molecular flexibility index (Phi) is 14.0. The second-order valence-corrected chi connectivity index (χ2v) is 13.8. The largest absolute Gasteiger partial charge is 0.495 e. The number of ether oxygens (including phenoxy) is 3. The van der Waals surface area contributed by atoms with Gasteiger partial charge in [-0.15, -0.1) is 0 Å². The third-order valence-electron chi connectivity index (χ3n) is 9.81. The van der Waals surface area contributed by atoms with Gasteiger partial charge in [0.25, 0.3) is 11.8 Å². The van der Waals surface area contributed by atoms with Gasteiger partial charge in [0, 0.05) is 85.8 Å². The van der Waals surface area contributed by atoms with E-state index in [-0.39, 0.29) is 0 Å². The highest BCUT2D eigenvalue weighted by Crippen LogP contribution is 2.38. The van der Waals surface area contributed by atoms with Gasteiger partial charge in [-0.1, -0.05) is 36.4 Å². The molecule has 7 aromatic rings. The molecule has 310 valence electrons. The van der Waals surface area contributed by atoms with Crippen LogP contribution >= 0.6 is 0 Å². The lowest BCUT2D eigenvalue weighted by atomic mass is 10.1. The van der Waals surface area contributed by atoms with E-state index >= 15 is 0 Å². The van der Waals surface area contributed by atoms with Crippen molar-refractivity contribution >= 4 is 67.7 Å². The Hall–Kier alpha value is -7.39. The number of rotatable bonds is 17. The average molecular weight is 811 g/mol. The predicted molar refractivity (Wildman–Crippen MR) is 238 cm³/mol. The first kappa shape index (κ1) is 42.2. The number of carbonyl (C=O) groups excluding carboxylic acids is 2. The topological polar surface area (TPSA) is 206 Å². The Labute approximate surface area is 348 Å². The number of fused-ring (bicyclic) bond motifs is 2. The number of hydrogen-bond acceptors (Lipinski definition) is 12. The monoisotopic (exact) mass is 810 g/mol. The minimum Gasteiger partial charge on any atom is -0.495 e. The Morgan fingerprint density at radius 3 is 1.62 bits per heavy atom. The number of hydrogen-bond donors (Lipinski definition) is 6. The molecule has 15 nitrogen and oxygen atoms in total. The second-order valence-electron chi connectivity index (χ2n) is 13.8. The van der Waals surface area contributed by atoms with Gasteiger partial charge in [0.15, 0.2) is 0 Å². The van der Waals surface area contributed by atoms with E-state index in [1.807, 2.05) is 97.4 Å². The molecule has 0 radical (unpaired) electrons. The van der Waals surface area contributed by atoms with E-state index in [1.54, 1.807) is 33.9 Å². The molecule has 2 amide bonds. The molecule has 0 aliphatic heterocycles. The van der Waals surface area contributed by atoms with E-state index in [2.05, 4.69) is 36.2 Å². The highest BCUT2D eigenvalue weighted by molar-refractivity contribution is 6.09. The number of aryl methyl sites for hydroxylation is 3. The van der Waals surface area contributed by atoms with Gasteiger partial charge < -0.3 is 51.5 Å². The second kappa shape index (κ2) is 19.8. The summed E-state index contributed by atoms with van der Waals surface area (Å²) >= 11 is 0. The highest BCUT2D eigenvalue weighted by atomic mass is 16.5. The molecule has 0 unspecified atom stereocenters. The molecule has 0 bridgehead atoms. The fraction of sp³-hybridized carbons (Fsp3) is 0.222. The SMILES string of the molecule is COCCNc1cc2c(Nc3ccccc3C)c(C(N)=O)cnc2cc1OC.COc1cc2ncc(C(N)=O)c(Nc3ccccc3C)c2cc1NCCCn1ccnc1. The number of amides is 2. The van der Waals surface area contributed by atoms with E-state index in [0.717, 1.165) is 64.2 Å². The third kappa shape index (κ3) is 10.00. The van der Waals surface area contributed by atoms with Crippen molar-refractivity contribution in [3.05, 3.63) is 126 Å². The number of nitrogens with one attached hydrogen (secondary N) is 4. The van der Waals surface area contributed by atoms with Gasteiger partial charge in [0.05, 0.1) is 72.1 Å². The first-order valence-electron chi connectivity index (χ1n) is 19.3. The molecule has 3 heterocycles. The smallest absolute Gasteiger partial charge is 0.252 e. The number of pyridine rings is 2.